The van der Waals surface area contributed by atoms with E-state index in [1.165, 1.54) is 0 Å². The van der Waals surface area contributed by atoms with E-state index in [9.17, 15) is 4.79 Å². The molecule has 22 heavy (non-hydrogen) atoms. The third kappa shape index (κ3) is 4.01. The third-order valence-corrected chi connectivity index (χ3v) is 3.40. The fraction of sp³-hybridized carbons (Fsp3) is 0.278. The van der Waals surface area contributed by atoms with Gasteiger partial charge in [-0.15, -0.1) is 0 Å². The molecule has 0 saturated heterocycles. The van der Waals surface area contributed by atoms with E-state index in [0.717, 1.165) is 22.7 Å². The summed E-state index contributed by atoms with van der Waals surface area (Å²) in [7, 11) is 1.61. The molecule has 0 aliphatic heterocycles. The summed E-state index contributed by atoms with van der Waals surface area (Å²) in [5.41, 5.74) is 2.80. The van der Waals surface area contributed by atoms with Crippen LogP contribution in [0.2, 0.25) is 0 Å². The minimum atomic E-state index is -0.0843. The van der Waals surface area contributed by atoms with Gasteiger partial charge < -0.3 is 15.4 Å². The van der Waals surface area contributed by atoms with Crippen LogP contribution < -0.4 is 15.4 Å². The monoisotopic (exact) mass is 298 g/mol. The number of hydrogen-bond acceptors (Lipinski definition) is 3. The molecule has 0 aromatic heterocycles. The van der Waals surface area contributed by atoms with Crippen molar-refractivity contribution in [3.05, 3.63) is 54.1 Å². The van der Waals surface area contributed by atoms with Crippen molar-refractivity contribution in [2.24, 2.45) is 0 Å². The summed E-state index contributed by atoms with van der Waals surface area (Å²) in [5.74, 6) is 0.996. The molecular weight excluding hydrogens is 276 g/mol. The molecule has 0 saturated carbocycles. The number of amides is 1. The molecule has 2 rings (SSSR count). The number of ether oxygens (including phenoxy) is 1. The fourth-order valence-electron chi connectivity index (χ4n) is 2.27. The molecule has 0 atom stereocenters. The number of methoxy groups -OCH3 is 1. The lowest BCUT2D eigenvalue weighted by atomic mass is 10.0. The van der Waals surface area contributed by atoms with E-state index < -0.39 is 0 Å². The van der Waals surface area contributed by atoms with Gasteiger partial charge in [-0.2, -0.15) is 0 Å². The molecule has 116 valence electrons. The molecule has 2 aromatic rings. The van der Waals surface area contributed by atoms with Crippen molar-refractivity contribution in [2.75, 3.05) is 24.3 Å². The Morgan fingerprint density at radius 1 is 1.05 bits per heavy atom. The van der Waals surface area contributed by atoms with E-state index in [1.54, 1.807) is 7.11 Å². The maximum Gasteiger partial charge on any atom is 0.243 e. The van der Waals surface area contributed by atoms with Crippen LogP contribution in [0.3, 0.4) is 0 Å². The van der Waals surface area contributed by atoms with Crippen LogP contribution >= 0.6 is 0 Å². The van der Waals surface area contributed by atoms with Crippen molar-refractivity contribution < 1.29 is 9.53 Å². The maximum atomic E-state index is 12.1. The lowest BCUT2D eigenvalue weighted by Crippen LogP contribution is -2.22. The minimum absolute atomic E-state index is 0.0843. The van der Waals surface area contributed by atoms with E-state index in [2.05, 4.69) is 24.5 Å². The van der Waals surface area contributed by atoms with Crippen LogP contribution in [0, 0.1) is 0 Å². The second-order valence-electron chi connectivity index (χ2n) is 5.34. The largest absolute Gasteiger partial charge is 0.495 e. The molecule has 2 aromatic carbocycles. The van der Waals surface area contributed by atoms with E-state index in [-0.39, 0.29) is 12.5 Å². The zero-order valence-electron chi connectivity index (χ0n) is 13.2. The third-order valence-electron chi connectivity index (χ3n) is 3.40. The smallest absolute Gasteiger partial charge is 0.243 e. The number of rotatable bonds is 6. The van der Waals surface area contributed by atoms with Gasteiger partial charge in [0.15, 0.2) is 0 Å². The lowest BCUT2D eigenvalue weighted by Gasteiger charge is -2.14. The van der Waals surface area contributed by atoms with Gasteiger partial charge in [-0.05, 0) is 29.7 Å². The highest BCUT2D eigenvalue weighted by atomic mass is 16.5. The van der Waals surface area contributed by atoms with Crippen LogP contribution in [0.15, 0.2) is 48.5 Å². The Kier molecular flexibility index (Phi) is 5.42. The van der Waals surface area contributed by atoms with E-state index in [1.807, 2.05) is 48.5 Å². The molecule has 2 N–H and O–H groups in total. The number of benzene rings is 2. The van der Waals surface area contributed by atoms with Gasteiger partial charge in [0, 0.05) is 5.69 Å². The average molecular weight is 298 g/mol. The highest BCUT2D eigenvalue weighted by Gasteiger charge is 2.09. The number of para-hydroxylation sites is 3. The number of hydrogen-bond donors (Lipinski definition) is 2. The maximum absolute atomic E-state index is 12.1. The summed E-state index contributed by atoms with van der Waals surface area (Å²) in [4.78, 5) is 12.1. The highest BCUT2D eigenvalue weighted by Crippen LogP contribution is 2.24. The Bertz CT molecular complexity index is 638. The summed E-state index contributed by atoms with van der Waals surface area (Å²) in [6.07, 6.45) is 0. The number of carbonyl (C=O) groups excluding carboxylic acids is 1. The Labute approximate surface area is 131 Å². The quantitative estimate of drug-likeness (QED) is 0.851. The molecule has 1 amide bonds. The Hall–Kier alpha value is -2.49. The average Bonchev–Trinajstić information content (AvgIpc) is 2.53. The normalized spacial score (nSPS) is 10.4. The first kappa shape index (κ1) is 15.9. The van der Waals surface area contributed by atoms with Gasteiger partial charge in [0.05, 0.1) is 19.3 Å². The summed E-state index contributed by atoms with van der Waals surface area (Å²) < 4.78 is 5.25. The van der Waals surface area contributed by atoms with E-state index in [4.69, 9.17) is 4.74 Å². The van der Waals surface area contributed by atoms with Gasteiger partial charge >= 0.3 is 0 Å². The van der Waals surface area contributed by atoms with Crippen molar-refractivity contribution >= 4 is 17.3 Å². The molecule has 0 heterocycles. The first-order valence-electron chi connectivity index (χ1n) is 7.37. The van der Waals surface area contributed by atoms with Gasteiger partial charge in [-0.3, -0.25) is 4.79 Å². The molecule has 4 heteroatoms. The van der Waals surface area contributed by atoms with Crippen LogP contribution in [0.1, 0.15) is 25.3 Å². The van der Waals surface area contributed by atoms with Crippen molar-refractivity contribution in [1.29, 1.82) is 0 Å². The second-order valence-corrected chi connectivity index (χ2v) is 5.34. The Morgan fingerprint density at radius 2 is 1.68 bits per heavy atom. The van der Waals surface area contributed by atoms with Crippen LogP contribution in [-0.4, -0.2) is 19.6 Å². The standard InChI is InChI=1S/C18H22N2O2/c1-13(2)14-8-4-5-9-15(14)20-18(21)12-19-16-10-6-7-11-17(16)22-3/h4-11,13,19H,12H2,1-3H3,(H,20,21). The molecule has 0 fully saturated rings. The topological polar surface area (TPSA) is 50.4 Å². The number of nitrogens with one attached hydrogen (secondary N) is 2. The van der Waals surface area contributed by atoms with Crippen LogP contribution in [0.25, 0.3) is 0 Å². The van der Waals surface area contributed by atoms with E-state index in [0.29, 0.717) is 5.92 Å². The summed E-state index contributed by atoms with van der Waals surface area (Å²) in [6, 6.07) is 15.4. The predicted octanol–water partition coefficient (Wildman–Crippen LogP) is 3.87. The molecule has 0 bridgehead atoms. The molecule has 0 aliphatic rings. The molecule has 0 unspecified atom stereocenters. The molecule has 0 spiro atoms. The van der Waals surface area contributed by atoms with Gasteiger partial charge in [0.1, 0.15) is 5.75 Å². The fourth-order valence-corrected chi connectivity index (χ4v) is 2.27. The van der Waals surface area contributed by atoms with Crippen molar-refractivity contribution in [3.63, 3.8) is 0 Å². The zero-order valence-corrected chi connectivity index (χ0v) is 13.2. The molecular formula is C18H22N2O2. The number of carbonyl (C=O) groups is 1. The van der Waals surface area contributed by atoms with E-state index >= 15 is 0 Å². The SMILES string of the molecule is COc1ccccc1NCC(=O)Nc1ccccc1C(C)C. The van der Waals surface area contributed by atoms with Crippen molar-refractivity contribution in [3.8, 4) is 5.75 Å². The van der Waals surface area contributed by atoms with Gasteiger partial charge in [0.2, 0.25) is 5.91 Å². The molecule has 0 radical (unpaired) electrons. The first-order chi connectivity index (χ1) is 10.6. The van der Waals surface area contributed by atoms with Gasteiger partial charge in [-0.25, -0.2) is 0 Å². The van der Waals surface area contributed by atoms with Crippen LogP contribution in [0.5, 0.6) is 5.75 Å². The molecule has 0 aliphatic carbocycles. The first-order valence-corrected chi connectivity index (χ1v) is 7.37. The Morgan fingerprint density at radius 3 is 2.36 bits per heavy atom. The van der Waals surface area contributed by atoms with Gasteiger partial charge in [-0.1, -0.05) is 44.2 Å². The summed E-state index contributed by atoms with van der Waals surface area (Å²) >= 11 is 0. The molecule has 4 nitrogen and oxygen atoms in total. The second kappa shape index (κ2) is 7.50. The summed E-state index contributed by atoms with van der Waals surface area (Å²) in [6.45, 7) is 4.41. The zero-order chi connectivity index (χ0) is 15.9. The summed E-state index contributed by atoms with van der Waals surface area (Å²) in [5, 5.41) is 6.05. The predicted molar refractivity (Wildman–Crippen MR) is 90.6 cm³/mol. The van der Waals surface area contributed by atoms with Gasteiger partial charge in [0.25, 0.3) is 0 Å². The highest BCUT2D eigenvalue weighted by molar-refractivity contribution is 5.94. The lowest BCUT2D eigenvalue weighted by molar-refractivity contribution is -0.114. The Balaban J connectivity index is 1.99. The van der Waals surface area contributed by atoms with Crippen molar-refractivity contribution in [2.45, 2.75) is 19.8 Å². The minimum Gasteiger partial charge on any atom is -0.495 e. The van der Waals surface area contributed by atoms with Crippen LogP contribution in [-0.2, 0) is 4.79 Å². The number of anilines is 2. The van der Waals surface area contributed by atoms with Crippen molar-refractivity contribution in [1.82, 2.24) is 0 Å². The van der Waals surface area contributed by atoms with Crippen LogP contribution in [0.4, 0.5) is 11.4 Å².